The molecule has 0 amide bonds. The first-order valence-electron chi connectivity index (χ1n) is 6.51. The van der Waals surface area contributed by atoms with Crippen LogP contribution in [-0.2, 0) is 13.0 Å². The van der Waals surface area contributed by atoms with Crippen LogP contribution >= 0.6 is 0 Å². The van der Waals surface area contributed by atoms with E-state index in [1.54, 1.807) is 0 Å². The quantitative estimate of drug-likeness (QED) is 0.870. The van der Waals surface area contributed by atoms with Gasteiger partial charge in [-0.2, -0.15) is 5.10 Å². The van der Waals surface area contributed by atoms with Crippen LogP contribution in [0.5, 0.6) is 0 Å². The standard InChI is InChI=1S/C13H19N5/c1-17-6-2-3-11(17)7-12-15-13-5-4-10(8-14)9-18(13)16-12/h4-5,9,11H,2-3,6-8,14H2,1H3. The molecule has 5 heteroatoms. The summed E-state index contributed by atoms with van der Waals surface area (Å²) in [6.45, 7) is 1.73. The summed E-state index contributed by atoms with van der Waals surface area (Å²) >= 11 is 0. The van der Waals surface area contributed by atoms with E-state index in [1.807, 2.05) is 22.8 Å². The number of likely N-dealkylation sites (N-methyl/N-ethyl adjacent to an activating group) is 1. The van der Waals surface area contributed by atoms with Crippen LogP contribution in [0.25, 0.3) is 5.65 Å². The molecule has 1 unspecified atom stereocenters. The maximum absolute atomic E-state index is 5.63. The lowest BCUT2D eigenvalue weighted by molar-refractivity contribution is 0.306. The third-order valence-electron chi connectivity index (χ3n) is 3.76. The lowest BCUT2D eigenvalue weighted by Gasteiger charge is -2.17. The van der Waals surface area contributed by atoms with Gasteiger partial charge >= 0.3 is 0 Å². The second kappa shape index (κ2) is 4.66. The normalized spacial score (nSPS) is 20.9. The molecule has 0 bridgehead atoms. The average molecular weight is 245 g/mol. The van der Waals surface area contributed by atoms with Gasteiger partial charge in [-0.1, -0.05) is 6.07 Å². The van der Waals surface area contributed by atoms with Crippen molar-refractivity contribution in [1.29, 1.82) is 0 Å². The van der Waals surface area contributed by atoms with E-state index in [0.717, 1.165) is 23.5 Å². The second-order valence-electron chi connectivity index (χ2n) is 5.05. The predicted molar refractivity (Wildman–Crippen MR) is 70.2 cm³/mol. The number of pyridine rings is 1. The summed E-state index contributed by atoms with van der Waals surface area (Å²) in [5.74, 6) is 0.933. The number of hydrogen-bond donors (Lipinski definition) is 1. The predicted octanol–water partition coefficient (Wildman–Crippen LogP) is 0.825. The van der Waals surface area contributed by atoms with Gasteiger partial charge in [0.15, 0.2) is 11.5 Å². The van der Waals surface area contributed by atoms with Crippen molar-refractivity contribution in [3.63, 3.8) is 0 Å². The SMILES string of the molecule is CN1CCCC1Cc1nc2ccc(CN)cn2n1. The van der Waals surface area contributed by atoms with Crippen LogP contribution in [0, 0.1) is 0 Å². The molecule has 3 rings (SSSR count). The Morgan fingerprint density at radius 1 is 1.44 bits per heavy atom. The highest BCUT2D eigenvalue weighted by Gasteiger charge is 2.22. The molecule has 1 aliphatic rings. The number of aromatic nitrogens is 3. The van der Waals surface area contributed by atoms with E-state index in [9.17, 15) is 0 Å². The van der Waals surface area contributed by atoms with Crippen LogP contribution in [0.15, 0.2) is 18.3 Å². The second-order valence-corrected chi connectivity index (χ2v) is 5.05. The van der Waals surface area contributed by atoms with Crippen molar-refractivity contribution in [3.05, 3.63) is 29.7 Å². The Balaban J connectivity index is 1.84. The van der Waals surface area contributed by atoms with Gasteiger partial charge in [0, 0.05) is 25.2 Å². The lowest BCUT2D eigenvalue weighted by atomic mass is 10.1. The molecule has 5 nitrogen and oxygen atoms in total. The molecule has 2 aromatic heterocycles. The van der Waals surface area contributed by atoms with Gasteiger partial charge < -0.3 is 10.6 Å². The molecule has 1 aliphatic heterocycles. The number of nitrogens with zero attached hydrogens (tertiary/aromatic N) is 4. The third-order valence-corrected chi connectivity index (χ3v) is 3.76. The molecule has 3 heterocycles. The minimum atomic E-state index is 0.538. The van der Waals surface area contributed by atoms with E-state index in [0.29, 0.717) is 12.6 Å². The number of likely N-dealkylation sites (tertiary alicyclic amines) is 1. The fourth-order valence-electron chi connectivity index (χ4n) is 2.63. The first-order chi connectivity index (χ1) is 8.76. The maximum Gasteiger partial charge on any atom is 0.155 e. The number of hydrogen-bond acceptors (Lipinski definition) is 4. The summed E-state index contributed by atoms with van der Waals surface area (Å²) in [5.41, 5.74) is 7.62. The molecule has 0 spiro atoms. The molecule has 0 aliphatic carbocycles. The summed E-state index contributed by atoms with van der Waals surface area (Å²) in [6.07, 6.45) is 5.44. The number of nitrogens with two attached hydrogens (primary N) is 1. The Morgan fingerprint density at radius 2 is 2.33 bits per heavy atom. The zero-order chi connectivity index (χ0) is 12.5. The third kappa shape index (κ3) is 2.11. The zero-order valence-electron chi connectivity index (χ0n) is 10.7. The molecule has 96 valence electrons. The van der Waals surface area contributed by atoms with Gasteiger partial charge in [0.2, 0.25) is 0 Å². The van der Waals surface area contributed by atoms with E-state index in [4.69, 9.17) is 5.73 Å². The van der Waals surface area contributed by atoms with Gasteiger partial charge in [-0.3, -0.25) is 0 Å². The first kappa shape index (κ1) is 11.6. The number of fused-ring (bicyclic) bond motifs is 1. The molecule has 0 aromatic carbocycles. The summed E-state index contributed by atoms with van der Waals surface area (Å²) < 4.78 is 1.84. The Labute approximate surface area is 107 Å². The van der Waals surface area contributed by atoms with Crippen LogP contribution in [-0.4, -0.2) is 39.1 Å². The molecular formula is C13H19N5. The summed E-state index contributed by atoms with van der Waals surface area (Å²) in [7, 11) is 2.18. The van der Waals surface area contributed by atoms with Gasteiger partial charge in [0.25, 0.3) is 0 Å². The molecule has 2 aromatic rings. The van der Waals surface area contributed by atoms with Gasteiger partial charge in [-0.15, -0.1) is 0 Å². The Morgan fingerprint density at radius 3 is 3.06 bits per heavy atom. The van der Waals surface area contributed by atoms with Crippen molar-refractivity contribution < 1.29 is 0 Å². The van der Waals surface area contributed by atoms with Crippen LogP contribution in [0.1, 0.15) is 24.2 Å². The largest absolute Gasteiger partial charge is 0.326 e. The van der Waals surface area contributed by atoms with Crippen molar-refractivity contribution >= 4 is 5.65 Å². The number of rotatable bonds is 3. The summed E-state index contributed by atoms with van der Waals surface area (Å²) in [5, 5.41) is 4.54. The van der Waals surface area contributed by atoms with Crippen LogP contribution in [0.4, 0.5) is 0 Å². The van der Waals surface area contributed by atoms with E-state index >= 15 is 0 Å². The van der Waals surface area contributed by atoms with Crippen LogP contribution in [0.3, 0.4) is 0 Å². The van der Waals surface area contributed by atoms with Crippen molar-refractivity contribution in [1.82, 2.24) is 19.5 Å². The maximum atomic E-state index is 5.63. The molecule has 18 heavy (non-hydrogen) atoms. The summed E-state index contributed by atoms with van der Waals surface area (Å²) in [4.78, 5) is 6.97. The molecule has 2 N–H and O–H groups in total. The topological polar surface area (TPSA) is 59.5 Å². The lowest BCUT2D eigenvalue weighted by Crippen LogP contribution is -2.27. The van der Waals surface area contributed by atoms with E-state index < -0.39 is 0 Å². The Hall–Kier alpha value is -1.46. The molecule has 1 saturated heterocycles. The van der Waals surface area contributed by atoms with Crippen LogP contribution in [0.2, 0.25) is 0 Å². The monoisotopic (exact) mass is 245 g/mol. The van der Waals surface area contributed by atoms with Gasteiger partial charge in [0.05, 0.1) is 0 Å². The average Bonchev–Trinajstić information content (AvgIpc) is 2.95. The van der Waals surface area contributed by atoms with E-state index in [2.05, 4.69) is 22.0 Å². The highest BCUT2D eigenvalue weighted by atomic mass is 15.3. The van der Waals surface area contributed by atoms with Gasteiger partial charge in [-0.05, 0) is 38.1 Å². The highest BCUT2D eigenvalue weighted by molar-refractivity contribution is 5.38. The molecule has 0 radical (unpaired) electrons. The molecular weight excluding hydrogens is 226 g/mol. The smallest absolute Gasteiger partial charge is 0.155 e. The fraction of sp³-hybridized carbons (Fsp3) is 0.538. The van der Waals surface area contributed by atoms with Crippen molar-refractivity contribution in [2.75, 3.05) is 13.6 Å². The highest BCUT2D eigenvalue weighted by Crippen LogP contribution is 2.18. The Bertz CT molecular complexity index is 547. The van der Waals surface area contributed by atoms with Crippen molar-refractivity contribution in [2.45, 2.75) is 31.8 Å². The summed E-state index contributed by atoms with van der Waals surface area (Å²) in [6, 6.07) is 4.59. The molecule has 1 atom stereocenters. The zero-order valence-corrected chi connectivity index (χ0v) is 10.7. The Kier molecular flexibility index (Phi) is 3.01. The van der Waals surface area contributed by atoms with Crippen molar-refractivity contribution in [3.8, 4) is 0 Å². The van der Waals surface area contributed by atoms with Gasteiger partial charge in [0.1, 0.15) is 0 Å². The van der Waals surface area contributed by atoms with E-state index in [1.165, 1.54) is 19.4 Å². The van der Waals surface area contributed by atoms with Crippen molar-refractivity contribution in [2.24, 2.45) is 5.73 Å². The van der Waals surface area contributed by atoms with Crippen LogP contribution < -0.4 is 5.73 Å². The first-order valence-corrected chi connectivity index (χ1v) is 6.51. The molecule has 1 fully saturated rings. The fourth-order valence-corrected chi connectivity index (χ4v) is 2.63. The van der Waals surface area contributed by atoms with E-state index in [-0.39, 0.29) is 0 Å². The minimum absolute atomic E-state index is 0.538. The molecule has 0 saturated carbocycles. The minimum Gasteiger partial charge on any atom is -0.326 e. The van der Waals surface area contributed by atoms with Gasteiger partial charge in [-0.25, -0.2) is 9.50 Å².